The highest BCUT2D eigenvalue weighted by Gasteiger charge is 2.60. The molecule has 0 spiro atoms. The maximum atomic E-state index is 13.2. The van der Waals surface area contributed by atoms with Gasteiger partial charge in [-0.05, 0) is 35.6 Å². The first kappa shape index (κ1) is 26.8. The highest BCUT2D eigenvalue weighted by atomic mass is 32.2. The van der Waals surface area contributed by atoms with Crippen molar-refractivity contribution in [1.29, 1.82) is 0 Å². The molecule has 1 aromatic heterocycles. The number of carbonyl (C=O) groups is 4. The van der Waals surface area contributed by atoms with Gasteiger partial charge in [0, 0.05) is 48.2 Å². The molecule has 4 N–H and O–H groups in total. The molecular weight excluding hydrogens is 512 g/mol. The molecule has 13 nitrogen and oxygen atoms in total. The van der Waals surface area contributed by atoms with Crippen LogP contribution in [0.25, 0.3) is 0 Å². The molecule has 0 aliphatic carbocycles. The third kappa shape index (κ3) is 4.73. The number of hydrogen-bond donors (Lipinski definition) is 3. The van der Waals surface area contributed by atoms with Crippen molar-refractivity contribution in [2.24, 2.45) is 23.5 Å². The van der Waals surface area contributed by atoms with Crippen LogP contribution >= 0.6 is 11.8 Å². The molecule has 3 saturated heterocycles. The normalized spacial score (nSPS) is 31.5. The summed E-state index contributed by atoms with van der Waals surface area (Å²) in [5.41, 5.74) is 5.89. The second kappa shape index (κ2) is 10.7. The first-order valence-electron chi connectivity index (χ1n) is 13.1. The molecule has 0 bridgehead atoms. The summed E-state index contributed by atoms with van der Waals surface area (Å²) in [6.45, 7) is 5.59. The van der Waals surface area contributed by atoms with Gasteiger partial charge in [-0.25, -0.2) is 9.48 Å². The van der Waals surface area contributed by atoms with E-state index in [0.717, 1.165) is 19.4 Å². The average molecular weight is 547 g/mol. The highest BCUT2D eigenvalue weighted by Crippen LogP contribution is 2.53. The van der Waals surface area contributed by atoms with Crippen LogP contribution in [0.5, 0.6) is 0 Å². The Labute approximate surface area is 224 Å². The minimum absolute atomic E-state index is 0.0113. The number of β-lactam (4-membered cyclic amide) rings is 1. The lowest BCUT2D eigenvalue weighted by atomic mass is 9.73. The number of carboxylic acids is 1. The number of likely N-dealkylation sites (tertiary alicyclic amines) is 1. The van der Waals surface area contributed by atoms with Crippen molar-refractivity contribution < 1.29 is 24.3 Å². The lowest BCUT2D eigenvalue weighted by Crippen LogP contribution is -2.62. The topological polar surface area (TPSA) is 177 Å². The first-order chi connectivity index (χ1) is 18.2. The second-order valence-electron chi connectivity index (χ2n) is 10.8. The smallest absolute Gasteiger partial charge is 0.353 e. The van der Waals surface area contributed by atoms with Crippen molar-refractivity contribution >= 4 is 35.3 Å². The van der Waals surface area contributed by atoms with E-state index in [1.165, 1.54) is 27.7 Å². The Kier molecular flexibility index (Phi) is 7.56. The number of Topliss-reactive ketones (excluding diaryl/α,β-unsaturated/α-hetero) is 1. The molecule has 2 amide bonds. The van der Waals surface area contributed by atoms with Gasteiger partial charge in [-0.3, -0.25) is 14.4 Å². The van der Waals surface area contributed by atoms with E-state index in [-0.39, 0.29) is 71.5 Å². The van der Waals surface area contributed by atoms with E-state index < -0.39 is 11.9 Å². The van der Waals surface area contributed by atoms with Gasteiger partial charge in [-0.2, -0.15) is 0 Å². The minimum atomic E-state index is -1.13. The zero-order chi connectivity index (χ0) is 27.1. The Hall–Kier alpha value is -2.84. The number of hydrogen-bond acceptors (Lipinski definition) is 10. The number of aromatic nitrogens is 4. The van der Waals surface area contributed by atoms with Crippen LogP contribution in [0.2, 0.25) is 0 Å². The van der Waals surface area contributed by atoms with Crippen molar-refractivity contribution in [1.82, 2.24) is 35.3 Å². The Morgan fingerprint density at radius 3 is 2.82 bits per heavy atom. The van der Waals surface area contributed by atoms with Crippen LogP contribution in [0.1, 0.15) is 39.5 Å². The maximum absolute atomic E-state index is 13.2. The van der Waals surface area contributed by atoms with E-state index in [1.54, 1.807) is 0 Å². The van der Waals surface area contributed by atoms with Gasteiger partial charge in [0.25, 0.3) is 0 Å². The number of nitrogens with zero attached hydrogens (tertiary/aromatic N) is 6. The number of ketones is 1. The van der Waals surface area contributed by atoms with Gasteiger partial charge in [0.2, 0.25) is 11.8 Å². The second-order valence-corrected chi connectivity index (χ2v) is 12.1. The number of tetrazole rings is 1. The molecule has 3 fully saturated rings. The molecule has 206 valence electrons. The molecule has 5 heterocycles. The largest absolute Gasteiger partial charge is 0.477 e. The monoisotopic (exact) mass is 546 g/mol. The summed E-state index contributed by atoms with van der Waals surface area (Å²) in [4.78, 5) is 55.1. The van der Waals surface area contributed by atoms with E-state index in [9.17, 15) is 24.3 Å². The third-order valence-corrected chi connectivity index (χ3v) is 9.81. The van der Waals surface area contributed by atoms with Crippen LogP contribution in [0, 0.1) is 17.8 Å². The molecule has 0 aromatic carbocycles. The fourth-order valence-corrected chi connectivity index (χ4v) is 7.96. The molecule has 4 aliphatic rings. The Morgan fingerprint density at radius 2 is 2.13 bits per heavy atom. The van der Waals surface area contributed by atoms with Crippen LogP contribution in [-0.2, 0) is 25.7 Å². The van der Waals surface area contributed by atoms with Crippen molar-refractivity contribution in [3.05, 3.63) is 16.9 Å². The number of carboxylic acid groups (broad SMARTS) is 1. The Morgan fingerprint density at radius 1 is 1.34 bits per heavy atom. The SMILES string of the molecule is C[C@@H](CC(=O)Cn1cnnn1)[C@H]1C(=O)N2C(C(=O)O)=C(S[C@@H]3CN[C@H](C(=O)N4CCC[C@@H]4CN)C3)[C@H](C)[C@H]12. The van der Waals surface area contributed by atoms with Crippen molar-refractivity contribution in [3.63, 3.8) is 0 Å². The fraction of sp³-hybridized carbons (Fsp3) is 0.708. The lowest BCUT2D eigenvalue weighted by Gasteiger charge is -2.47. The van der Waals surface area contributed by atoms with Crippen molar-refractivity contribution in [3.8, 4) is 0 Å². The highest BCUT2D eigenvalue weighted by molar-refractivity contribution is 8.03. The molecule has 1 aromatic rings. The van der Waals surface area contributed by atoms with Crippen LogP contribution in [0.3, 0.4) is 0 Å². The summed E-state index contributed by atoms with van der Waals surface area (Å²) in [6, 6.07) is -0.531. The summed E-state index contributed by atoms with van der Waals surface area (Å²) in [5, 5.41) is 24.1. The molecule has 14 heteroatoms. The molecule has 4 aliphatic heterocycles. The Bertz CT molecular complexity index is 1140. The quantitative estimate of drug-likeness (QED) is 0.321. The number of nitrogens with one attached hydrogen (secondary N) is 1. The fourth-order valence-electron chi connectivity index (χ4n) is 6.48. The van der Waals surface area contributed by atoms with Gasteiger partial charge in [0.15, 0.2) is 5.78 Å². The van der Waals surface area contributed by atoms with Gasteiger partial charge in [-0.1, -0.05) is 13.8 Å². The standard InChI is InChI=1S/C24H34N8O5S/c1-12(6-15(33)10-30-11-27-28-29-30)18-19-13(2)21(20(24(36)37)32(19)23(18)35)38-16-7-17(26-9-16)22(34)31-5-3-4-14(31)8-25/h11-14,16-19,26H,3-10,25H2,1-2H3,(H,36,37)/t12-,13+,14+,16-,17-,18+,19+/m0/s1. The van der Waals surface area contributed by atoms with Gasteiger partial charge in [-0.15, -0.1) is 16.9 Å². The van der Waals surface area contributed by atoms with Crippen molar-refractivity contribution in [2.75, 3.05) is 19.6 Å². The van der Waals surface area contributed by atoms with Crippen LogP contribution in [0.15, 0.2) is 16.9 Å². The molecule has 38 heavy (non-hydrogen) atoms. The summed E-state index contributed by atoms with van der Waals surface area (Å²) in [7, 11) is 0. The molecule has 7 atom stereocenters. The van der Waals surface area contributed by atoms with Crippen LogP contribution in [-0.4, -0.2) is 102 Å². The molecule has 0 unspecified atom stereocenters. The number of aliphatic carboxylic acids is 1. The van der Waals surface area contributed by atoms with Crippen LogP contribution < -0.4 is 11.1 Å². The Balaban J connectivity index is 1.24. The predicted molar refractivity (Wildman–Crippen MR) is 136 cm³/mol. The van der Waals surface area contributed by atoms with Crippen molar-refractivity contribution in [2.45, 2.75) is 69.5 Å². The van der Waals surface area contributed by atoms with E-state index in [2.05, 4.69) is 20.8 Å². The number of nitrogens with two attached hydrogens (primary N) is 1. The number of rotatable bonds is 10. The summed E-state index contributed by atoms with van der Waals surface area (Å²) in [6.07, 6.45) is 4.01. The van der Waals surface area contributed by atoms with Gasteiger partial charge >= 0.3 is 5.97 Å². The van der Waals surface area contributed by atoms with E-state index in [1.807, 2.05) is 18.7 Å². The maximum Gasteiger partial charge on any atom is 0.353 e. The van der Waals surface area contributed by atoms with Gasteiger partial charge in [0.05, 0.1) is 18.0 Å². The minimum Gasteiger partial charge on any atom is -0.477 e. The van der Waals surface area contributed by atoms with E-state index in [4.69, 9.17) is 5.73 Å². The van der Waals surface area contributed by atoms with E-state index >= 15 is 0 Å². The number of thioether (sulfide) groups is 1. The lowest BCUT2D eigenvalue weighted by molar-refractivity contribution is -0.160. The zero-order valence-electron chi connectivity index (χ0n) is 21.5. The van der Waals surface area contributed by atoms with Crippen LogP contribution in [0.4, 0.5) is 0 Å². The summed E-state index contributed by atoms with van der Waals surface area (Å²) < 4.78 is 1.34. The van der Waals surface area contributed by atoms with E-state index in [0.29, 0.717) is 24.4 Å². The predicted octanol–water partition coefficient (Wildman–Crippen LogP) is -0.545. The summed E-state index contributed by atoms with van der Waals surface area (Å²) in [5.74, 6) is -2.27. The zero-order valence-corrected chi connectivity index (χ0v) is 22.3. The summed E-state index contributed by atoms with van der Waals surface area (Å²) >= 11 is 1.46. The van der Waals surface area contributed by atoms with Gasteiger partial charge in [0.1, 0.15) is 18.6 Å². The molecule has 0 saturated carbocycles. The molecule has 0 radical (unpaired) electrons. The average Bonchev–Trinajstić information content (AvgIpc) is 3.66. The molecule has 5 rings (SSSR count). The number of fused-ring (bicyclic) bond motifs is 1. The molecular formula is C24H34N8O5S. The van der Waals surface area contributed by atoms with Gasteiger partial charge < -0.3 is 26.0 Å². The first-order valence-corrected chi connectivity index (χ1v) is 14.0. The number of amides is 2. The third-order valence-electron chi connectivity index (χ3n) is 8.30. The number of carbonyl (C=O) groups excluding carboxylic acids is 3.